The van der Waals surface area contributed by atoms with Crippen molar-refractivity contribution >= 4 is 29.5 Å². The molecule has 228 valence electrons. The molecule has 0 aliphatic carbocycles. The van der Waals surface area contributed by atoms with Crippen molar-refractivity contribution in [1.29, 1.82) is 0 Å². The van der Waals surface area contributed by atoms with Gasteiger partial charge in [-0.2, -0.15) is 0 Å². The Bertz CT molecular complexity index is 1030. The maximum Gasteiger partial charge on any atom is 0.326 e. The molecule has 0 fully saturated rings. The van der Waals surface area contributed by atoms with Crippen LogP contribution in [0.1, 0.15) is 71.4 Å². The molecule has 2 aromatic carbocycles. The molecule has 2 rings (SSSR count). The van der Waals surface area contributed by atoms with Gasteiger partial charge in [0.05, 0.1) is 6.04 Å². The summed E-state index contributed by atoms with van der Waals surface area (Å²) in [4.78, 5) is 54.7. The van der Waals surface area contributed by atoms with Gasteiger partial charge in [-0.05, 0) is 30.9 Å². The summed E-state index contributed by atoms with van der Waals surface area (Å²) in [5, 5.41) is 23.1. The van der Waals surface area contributed by atoms with Gasteiger partial charge < -0.3 is 31.4 Å². The highest BCUT2D eigenvalue weighted by atomic mass is 16.4. The molecule has 2 aromatic rings. The number of hydrogen-bond donors (Lipinski definition) is 4. The zero-order valence-corrected chi connectivity index (χ0v) is 23.7. The third kappa shape index (κ3) is 20.5. The second-order valence-electron chi connectivity index (χ2n) is 8.98. The van der Waals surface area contributed by atoms with Crippen LogP contribution >= 0.6 is 0 Å². The van der Waals surface area contributed by atoms with E-state index in [1.807, 2.05) is 60.7 Å². The first-order valence-electron chi connectivity index (χ1n) is 13.4. The van der Waals surface area contributed by atoms with Crippen LogP contribution < -0.4 is 21.5 Å². The number of hydrogen-bond acceptors (Lipinski definition) is 6. The van der Waals surface area contributed by atoms with E-state index in [0.29, 0.717) is 19.3 Å². The molecule has 10 heteroatoms. The SMILES string of the molecule is C.CC(=O)[O-].CCCCCC(=O)[C@H](Cc1ccccc1)NC(=O)CC.[NH3+]CC(=O)N[C@@H](Cc1ccccc1)C(=O)O. The standard InChI is InChI=1S/C17H25NO2.C11H14N2O3.C2H4O2.CH4/c1-3-5-7-12-16(19)15(18-17(20)4-2)13-14-10-8-6-9-11-14;12-7-10(14)13-9(11(15)16)6-8-4-2-1-3-5-8;1-2(3)4;/h6,8-11,15H,3-5,7,12-13H2,1-2H3,(H,18,20);1-5,9H,6-7,12H2,(H,13,14)(H,15,16);1H3,(H,3,4);1H4/t15-;9-;;/m00../s1. The van der Waals surface area contributed by atoms with Crippen molar-refractivity contribution < 1.29 is 39.9 Å². The predicted octanol–water partition coefficient (Wildman–Crippen LogP) is 1.71. The number of carboxylic acid groups (broad SMARTS) is 2. The number of rotatable bonds is 14. The Morgan fingerprint density at radius 1 is 0.805 bits per heavy atom. The maximum atomic E-state index is 12.3. The molecule has 0 saturated carbocycles. The third-order valence-corrected chi connectivity index (χ3v) is 5.50. The molecular weight excluding hydrogens is 526 g/mol. The van der Waals surface area contributed by atoms with Crippen molar-refractivity contribution in [1.82, 2.24) is 10.6 Å². The topological polar surface area (TPSA) is 180 Å². The molecule has 0 heterocycles. The molecule has 2 atom stereocenters. The van der Waals surface area contributed by atoms with Crippen LogP contribution in [0.15, 0.2) is 60.7 Å². The van der Waals surface area contributed by atoms with Gasteiger partial charge in [0.25, 0.3) is 5.91 Å². The number of carbonyl (C=O) groups is 5. The number of unbranched alkanes of at least 4 members (excludes halogenated alkanes) is 2. The highest BCUT2D eigenvalue weighted by Crippen LogP contribution is 2.09. The molecule has 0 aromatic heterocycles. The van der Waals surface area contributed by atoms with Crippen molar-refractivity contribution in [3.05, 3.63) is 71.8 Å². The summed E-state index contributed by atoms with van der Waals surface area (Å²) < 4.78 is 0. The normalized spacial score (nSPS) is 11.0. The van der Waals surface area contributed by atoms with Crippen LogP contribution in [0.4, 0.5) is 0 Å². The number of Topliss-reactive ketones (excluding diaryl/α,β-unsaturated/α-hetero) is 1. The Balaban J connectivity index is 0. The summed E-state index contributed by atoms with van der Waals surface area (Å²) in [6.45, 7) is 4.93. The fourth-order valence-corrected chi connectivity index (χ4v) is 3.43. The van der Waals surface area contributed by atoms with E-state index in [2.05, 4.69) is 23.3 Å². The van der Waals surface area contributed by atoms with Crippen LogP contribution in [-0.2, 0) is 36.8 Å². The Kier molecular flexibility index (Phi) is 22.7. The number of nitrogens with one attached hydrogen (secondary N) is 2. The number of benzene rings is 2. The summed E-state index contributed by atoms with van der Waals surface area (Å²) in [6.07, 6.45) is 4.88. The van der Waals surface area contributed by atoms with Crippen LogP contribution in [-0.4, -0.2) is 53.3 Å². The summed E-state index contributed by atoms with van der Waals surface area (Å²) in [5.41, 5.74) is 5.36. The van der Waals surface area contributed by atoms with Crippen molar-refractivity contribution in [2.45, 2.75) is 85.2 Å². The minimum Gasteiger partial charge on any atom is -0.550 e. The molecule has 0 unspecified atom stereocenters. The lowest BCUT2D eigenvalue weighted by molar-refractivity contribution is -0.355. The molecule has 0 spiro atoms. The summed E-state index contributed by atoms with van der Waals surface area (Å²) in [5.74, 6) is -2.40. The van der Waals surface area contributed by atoms with Gasteiger partial charge in [0.1, 0.15) is 6.04 Å². The lowest BCUT2D eigenvalue weighted by Crippen LogP contribution is -2.59. The minimum absolute atomic E-state index is 0. The number of carbonyl (C=O) groups excluding carboxylic acids is 4. The van der Waals surface area contributed by atoms with Crippen LogP contribution in [0, 0.1) is 0 Å². The molecule has 0 aliphatic heterocycles. The van der Waals surface area contributed by atoms with E-state index in [0.717, 1.165) is 37.3 Å². The maximum absolute atomic E-state index is 12.3. The zero-order chi connectivity index (χ0) is 30.3. The Hall–Kier alpha value is -4.05. The lowest BCUT2D eigenvalue weighted by atomic mass is 9.98. The molecule has 2 amide bonds. The van der Waals surface area contributed by atoms with Gasteiger partial charge in [0.2, 0.25) is 5.91 Å². The van der Waals surface area contributed by atoms with E-state index >= 15 is 0 Å². The minimum atomic E-state index is -1.08. The number of aliphatic carboxylic acids is 2. The summed E-state index contributed by atoms with van der Waals surface area (Å²) >= 11 is 0. The first kappa shape index (κ1) is 39.1. The van der Waals surface area contributed by atoms with E-state index in [9.17, 15) is 19.2 Å². The van der Waals surface area contributed by atoms with Gasteiger partial charge in [0.15, 0.2) is 12.3 Å². The monoisotopic (exact) mass is 573 g/mol. The van der Waals surface area contributed by atoms with Crippen molar-refractivity contribution in [2.24, 2.45) is 0 Å². The van der Waals surface area contributed by atoms with E-state index in [-0.39, 0.29) is 44.0 Å². The smallest absolute Gasteiger partial charge is 0.326 e. The fraction of sp³-hybridized carbons (Fsp3) is 0.452. The average molecular weight is 574 g/mol. The van der Waals surface area contributed by atoms with E-state index in [1.165, 1.54) is 0 Å². The second-order valence-corrected chi connectivity index (χ2v) is 8.98. The number of ketones is 1. The second kappa shape index (κ2) is 23.8. The van der Waals surface area contributed by atoms with Gasteiger partial charge in [-0.1, -0.05) is 94.8 Å². The van der Waals surface area contributed by atoms with Gasteiger partial charge in [-0.3, -0.25) is 14.4 Å². The zero-order valence-electron chi connectivity index (χ0n) is 23.7. The molecule has 0 saturated heterocycles. The Morgan fingerprint density at radius 2 is 1.24 bits per heavy atom. The molecule has 0 bridgehead atoms. The summed E-state index contributed by atoms with van der Waals surface area (Å²) in [7, 11) is 0. The number of quaternary nitrogens is 1. The Labute approximate surface area is 243 Å². The van der Waals surface area contributed by atoms with Crippen LogP contribution in [0.2, 0.25) is 0 Å². The van der Waals surface area contributed by atoms with Crippen LogP contribution in [0.3, 0.4) is 0 Å². The average Bonchev–Trinajstić information content (AvgIpc) is 2.93. The van der Waals surface area contributed by atoms with E-state index < -0.39 is 18.0 Å². The Morgan fingerprint density at radius 3 is 1.63 bits per heavy atom. The van der Waals surface area contributed by atoms with Gasteiger partial charge >= 0.3 is 5.97 Å². The molecular formula is C31H47N3O7. The van der Waals surface area contributed by atoms with Crippen molar-refractivity contribution in [3.8, 4) is 0 Å². The van der Waals surface area contributed by atoms with E-state index in [4.69, 9.17) is 15.0 Å². The molecule has 6 N–H and O–H groups in total. The first-order chi connectivity index (χ1) is 19.0. The van der Waals surface area contributed by atoms with Crippen molar-refractivity contribution in [2.75, 3.05) is 6.54 Å². The largest absolute Gasteiger partial charge is 0.550 e. The lowest BCUT2D eigenvalue weighted by Gasteiger charge is -2.17. The van der Waals surface area contributed by atoms with Gasteiger partial charge in [-0.15, -0.1) is 0 Å². The van der Waals surface area contributed by atoms with Crippen molar-refractivity contribution in [3.63, 3.8) is 0 Å². The molecule has 41 heavy (non-hydrogen) atoms. The van der Waals surface area contributed by atoms with Gasteiger partial charge in [-0.25, -0.2) is 4.79 Å². The number of amides is 2. The fourth-order valence-electron chi connectivity index (χ4n) is 3.43. The predicted molar refractivity (Wildman–Crippen MR) is 156 cm³/mol. The highest BCUT2D eigenvalue weighted by Gasteiger charge is 2.21. The molecule has 0 radical (unpaired) electrons. The quantitative estimate of drug-likeness (QED) is 0.248. The van der Waals surface area contributed by atoms with E-state index in [1.54, 1.807) is 6.92 Å². The first-order valence-corrected chi connectivity index (χ1v) is 13.4. The van der Waals surface area contributed by atoms with Crippen LogP contribution in [0.5, 0.6) is 0 Å². The van der Waals surface area contributed by atoms with Gasteiger partial charge in [0, 0.05) is 25.2 Å². The molecule has 10 nitrogen and oxygen atoms in total. The summed E-state index contributed by atoms with van der Waals surface area (Å²) in [6, 6.07) is 17.7. The van der Waals surface area contributed by atoms with Crippen LogP contribution in [0.25, 0.3) is 0 Å². The molecule has 0 aliphatic rings. The third-order valence-electron chi connectivity index (χ3n) is 5.50. The number of carboxylic acids is 2. The highest BCUT2D eigenvalue weighted by molar-refractivity contribution is 5.89.